The molecule has 0 saturated carbocycles. The van der Waals surface area contributed by atoms with E-state index in [0.717, 1.165) is 5.56 Å². The first-order chi connectivity index (χ1) is 29.4. The molecule has 0 radical (unpaired) electrons. The van der Waals surface area contributed by atoms with E-state index < -0.39 is 120 Å². The summed E-state index contributed by atoms with van der Waals surface area (Å²) in [7, 11) is 0. The Kier molecular flexibility index (Phi) is 23.3. The molecule has 19 nitrogen and oxygen atoms in total. The van der Waals surface area contributed by atoms with Crippen LogP contribution in [0.5, 0.6) is 0 Å². The number of hydrogen-bond donors (Lipinski definition) is 9. The molecule has 0 saturated heterocycles. The van der Waals surface area contributed by atoms with Gasteiger partial charge in [-0.15, -0.1) is 11.8 Å². The number of primary amides is 1. The Balaban J connectivity index is 3.59. The number of carbonyl (C=O) groups is 10. The lowest BCUT2D eigenvalue weighted by molar-refractivity contribution is -0.141. The topological polar surface area (TPSA) is 309 Å². The van der Waals surface area contributed by atoms with Crippen molar-refractivity contribution in [2.45, 2.75) is 156 Å². The summed E-state index contributed by atoms with van der Waals surface area (Å²) in [4.78, 5) is 130. The molecule has 0 aliphatic rings. The Morgan fingerprint density at radius 1 is 0.698 bits per heavy atom. The fourth-order valence-corrected chi connectivity index (χ4v) is 6.30. The van der Waals surface area contributed by atoms with Crippen molar-refractivity contribution < 1.29 is 58.2 Å². The number of benzene rings is 1. The summed E-state index contributed by atoms with van der Waals surface area (Å²) in [5.74, 6) is -5.07. The zero-order chi connectivity index (χ0) is 48.0. The van der Waals surface area contributed by atoms with Gasteiger partial charge in [0.05, 0.1) is 12.5 Å². The molecular formula is C44H65N7O12. The van der Waals surface area contributed by atoms with E-state index in [4.69, 9.17) is 5.73 Å². The van der Waals surface area contributed by atoms with Crippen LogP contribution in [0.3, 0.4) is 0 Å². The third kappa shape index (κ3) is 20.4. The molecule has 0 aromatic heterocycles. The first-order valence-corrected chi connectivity index (χ1v) is 20.9. The lowest BCUT2D eigenvalue weighted by Crippen LogP contribution is -2.62. The van der Waals surface area contributed by atoms with Crippen LogP contribution in [0.25, 0.3) is 0 Å². The maximum Gasteiger partial charge on any atom is 0.305 e. The highest BCUT2D eigenvalue weighted by Crippen LogP contribution is 2.21. The van der Waals surface area contributed by atoms with Crippen LogP contribution in [0.1, 0.15) is 117 Å². The van der Waals surface area contributed by atoms with Crippen LogP contribution in [-0.4, -0.2) is 106 Å². The predicted molar refractivity (Wildman–Crippen MR) is 231 cm³/mol. The van der Waals surface area contributed by atoms with Gasteiger partial charge in [0.15, 0.2) is 0 Å². The number of ketones is 1. The van der Waals surface area contributed by atoms with Gasteiger partial charge in [-0.25, -0.2) is 0 Å². The number of carboxylic acid groups (broad SMARTS) is 2. The molecule has 1 aromatic rings. The van der Waals surface area contributed by atoms with E-state index in [2.05, 4.69) is 43.7 Å². The lowest BCUT2D eigenvalue weighted by Gasteiger charge is -2.34. The first kappa shape index (κ1) is 54.7. The van der Waals surface area contributed by atoms with Crippen LogP contribution < -0.4 is 37.6 Å². The van der Waals surface area contributed by atoms with E-state index in [1.807, 2.05) is 6.92 Å². The second kappa shape index (κ2) is 26.9. The number of hydrogen-bond acceptors (Lipinski definition) is 10. The number of nitrogens with two attached hydrogens (primary N) is 1. The first-order valence-electron chi connectivity index (χ1n) is 20.9. The van der Waals surface area contributed by atoms with Crippen LogP contribution in [0.15, 0.2) is 24.3 Å². The fraction of sp³-hybridized carbons (Fsp3) is 0.591. The molecule has 19 heteroatoms. The Labute approximate surface area is 368 Å². The standard InChI is InChI=1S/C44H65N7O12/c1-9-11-13-19-33(52)46-32(24-35(55)56)41(61)48-29(20-21-34(53)54)39(59)49-31(23-27-17-15-14-16-26(27)5)42(62)51-37(44(6,7)8)43(63)50-30(22-25(3)4)40(60)47-28(18-12-10-2)36(57)38(45)58/h14-17,25,28-32,37H,10,12-13,18-24H2,1-8H3,(H2,45,58)(H,46,52)(H,47,60)(H,48,61)(H,49,59)(H,50,63)(H,51,62)(H,53,54)(H,55,56)/t28?,29-,30-,31-,32-,37+/m0/s1. The van der Waals surface area contributed by atoms with Crippen molar-refractivity contribution in [3.8, 4) is 11.8 Å². The molecule has 6 atom stereocenters. The molecule has 1 rings (SSSR count). The summed E-state index contributed by atoms with van der Waals surface area (Å²) >= 11 is 0. The fourth-order valence-electron chi connectivity index (χ4n) is 6.30. The lowest BCUT2D eigenvalue weighted by atomic mass is 9.85. The summed E-state index contributed by atoms with van der Waals surface area (Å²) < 4.78 is 0. The van der Waals surface area contributed by atoms with Crippen LogP contribution in [0.4, 0.5) is 0 Å². The quantitative estimate of drug-likeness (QED) is 0.0440. The van der Waals surface area contributed by atoms with Gasteiger partial charge in [-0.3, -0.25) is 47.9 Å². The van der Waals surface area contributed by atoms with Crippen molar-refractivity contribution in [1.82, 2.24) is 31.9 Å². The maximum atomic E-state index is 14.3. The second-order valence-corrected chi connectivity index (χ2v) is 16.8. The Bertz CT molecular complexity index is 1880. The van der Waals surface area contributed by atoms with Gasteiger partial charge in [-0.05, 0) is 55.6 Å². The summed E-state index contributed by atoms with van der Waals surface area (Å²) in [5, 5.41) is 34.1. The third-order valence-corrected chi connectivity index (χ3v) is 9.76. The average Bonchev–Trinajstić information content (AvgIpc) is 3.18. The van der Waals surface area contributed by atoms with E-state index >= 15 is 0 Å². The van der Waals surface area contributed by atoms with E-state index in [9.17, 15) is 58.2 Å². The number of carboxylic acids is 2. The van der Waals surface area contributed by atoms with Gasteiger partial charge in [0.2, 0.25) is 41.2 Å². The van der Waals surface area contributed by atoms with Gasteiger partial charge in [0.1, 0.15) is 30.2 Å². The maximum absolute atomic E-state index is 14.3. The van der Waals surface area contributed by atoms with Crippen molar-refractivity contribution in [2.75, 3.05) is 0 Å². The molecule has 0 bridgehead atoms. The number of rotatable bonds is 27. The van der Waals surface area contributed by atoms with E-state index in [0.29, 0.717) is 18.4 Å². The van der Waals surface area contributed by atoms with Crippen LogP contribution in [0.2, 0.25) is 0 Å². The monoisotopic (exact) mass is 883 g/mol. The van der Waals surface area contributed by atoms with Gasteiger partial charge in [-0.2, -0.15) is 0 Å². The zero-order valence-corrected chi connectivity index (χ0v) is 37.5. The smallest absolute Gasteiger partial charge is 0.305 e. The normalized spacial score (nSPS) is 13.9. The molecule has 63 heavy (non-hydrogen) atoms. The number of carbonyl (C=O) groups excluding carboxylic acids is 8. The summed E-state index contributed by atoms with van der Waals surface area (Å²) in [6.45, 7) is 13.7. The number of unbranched alkanes of at least 4 members (excludes halogenated alkanes) is 1. The van der Waals surface area contributed by atoms with Crippen molar-refractivity contribution in [2.24, 2.45) is 17.1 Å². The Morgan fingerprint density at radius 2 is 1.25 bits per heavy atom. The highest BCUT2D eigenvalue weighted by molar-refractivity contribution is 6.37. The minimum absolute atomic E-state index is 0.105. The van der Waals surface area contributed by atoms with Crippen LogP contribution in [0, 0.1) is 30.1 Å². The van der Waals surface area contributed by atoms with Gasteiger partial charge in [0.25, 0.3) is 5.91 Å². The minimum Gasteiger partial charge on any atom is -0.481 e. The second-order valence-electron chi connectivity index (χ2n) is 16.8. The van der Waals surface area contributed by atoms with Crippen LogP contribution >= 0.6 is 0 Å². The van der Waals surface area contributed by atoms with Crippen molar-refractivity contribution in [3.05, 3.63) is 35.4 Å². The molecule has 1 aromatic carbocycles. The molecule has 0 fully saturated rings. The summed E-state index contributed by atoms with van der Waals surface area (Å²) in [6, 6.07) is -1.61. The van der Waals surface area contributed by atoms with E-state index in [1.54, 1.807) is 72.7 Å². The summed E-state index contributed by atoms with van der Waals surface area (Å²) in [6.07, 6.45) is -0.782. The average molecular weight is 884 g/mol. The SMILES string of the molecule is CC#CCCC(=O)N[C@@H](CC(=O)O)C(=O)N[C@@H](CCC(=O)O)C(=O)N[C@@H](Cc1ccccc1C)C(=O)N[C@H](C(=O)N[C@@H](CC(C)C)C(=O)NC(CCCC)C(=O)C(N)=O)C(C)(C)C. The molecule has 7 amide bonds. The van der Waals surface area contributed by atoms with Gasteiger partial charge in [-0.1, -0.05) is 78.6 Å². The van der Waals surface area contributed by atoms with Crippen molar-refractivity contribution in [3.63, 3.8) is 0 Å². The number of nitrogens with one attached hydrogen (secondary N) is 6. The largest absolute Gasteiger partial charge is 0.481 e. The van der Waals surface area contributed by atoms with Gasteiger partial charge < -0.3 is 47.8 Å². The molecule has 348 valence electrons. The number of Topliss-reactive ketones (excluding diaryl/α,β-unsaturated/α-hetero) is 1. The highest BCUT2D eigenvalue weighted by Gasteiger charge is 2.39. The van der Waals surface area contributed by atoms with E-state index in [-0.39, 0.29) is 38.0 Å². The molecule has 10 N–H and O–H groups in total. The molecule has 0 aliphatic carbocycles. The summed E-state index contributed by atoms with van der Waals surface area (Å²) in [5.41, 5.74) is 5.56. The molecule has 1 unspecified atom stereocenters. The molecule has 0 spiro atoms. The molecular weight excluding hydrogens is 819 g/mol. The predicted octanol–water partition coefficient (Wildman–Crippen LogP) is 0.926. The number of aliphatic carboxylic acids is 2. The van der Waals surface area contributed by atoms with E-state index in [1.165, 1.54) is 0 Å². The minimum atomic E-state index is -1.66. The molecule has 0 aliphatic heterocycles. The zero-order valence-electron chi connectivity index (χ0n) is 37.5. The van der Waals surface area contributed by atoms with Gasteiger partial charge >= 0.3 is 11.9 Å². The number of amides is 7. The van der Waals surface area contributed by atoms with Crippen LogP contribution in [-0.2, 0) is 54.4 Å². The highest BCUT2D eigenvalue weighted by atomic mass is 16.4. The Hall–Kier alpha value is -6.32. The third-order valence-electron chi connectivity index (χ3n) is 9.76. The van der Waals surface area contributed by atoms with Crippen molar-refractivity contribution in [1.29, 1.82) is 0 Å². The van der Waals surface area contributed by atoms with Crippen molar-refractivity contribution >= 4 is 59.1 Å². The number of aryl methyl sites for hydroxylation is 1. The molecule has 0 heterocycles. The van der Waals surface area contributed by atoms with Gasteiger partial charge in [0, 0.05) is 25.7 Å². The Morgan fingerprint density at radius 3 is 1.79 bits per heavy atom.